The molecule has 0 aliphatic heterocycles. The van der Waals surface area contributed by atoms with Crippen LogP contribution in [0.1, 0.15) is 32.6 Å². The molecule has 0 atom stereocenters. The number of aromatic hydroxyl groups is 1. The van der Waals surface area contributed by atoms with Crippen LogP contribution < -0.4 is 9.47 Å². The quantitative estimate of drug-likeness (QED) is 0.297. The zero-order chi connectivity index (χ0) is 24.8. The Bertz CT molecular complexity index is 1430. The van der Waals surface area contributed by atoms with Crippen LogP contribution in [0.2, 0.25) is 5.02 Å². The summed E-state index contributed by atoms with van der Waals surface area (Å²) >= 11 is 6.37. The van der Waals surface area contributed by atoms with Gasteiger partial charge in [0.25, 0.3) is 0 Å². The predicted octanol–water partition coefficient (Wildman–Crippen LogP) is 6.26. The molecule has 1 heterocycles. The molecular weight excluding hydrogens is 464 g/mol. The highest BCUT2D eigenvalue weighted by Crippen LogP contribution is 2.34. The Kier molecular flexibility index (Phi) is 7.30. The first kappa shape index (κ1) is 23.8. The fourth-order valence-electron chi connectivity index (χ4n) is 3.65. The molecule has 174 valence electrons. The molecule has 0 fully saturated rings. The molecule has 3 aromatic carbocycles. The van der Waals surface area contributed by atoms with Gasteiger partial charge in [0.15, 0.2) is 6.29 Å². The van der Waals surface area contributed by atoms with Crippen LogP contribution in [0.25, 0.3) is 11.1 Å². The highest BCUT2D eigenvalue weighted by Gasteiger charge is 2.13. The number of aldehydes is 1. The van der Waals surface area contributed by atoms with Crippen molar-refractivity contribution in [2.75, 3.05) is 0 Å². The predicted molar refractivity (Wildman–Crippen MR) is 133 cm³/mol. The van der Waals surface area contributed by atoms with Crippen LogP contribution in [0.3, 0.4) is 0 Å². The first-order chi connectivity index (χ1) is 17.0. The van der Waals surface area contributed by atoms with Crippen LogP contribution in [0, 0.1) is 18.3 Å². The van der Waals surface area contributed by atoms with Crippen molar-refractivity contribution in [1.29, 1.82) is 5.26 Å². The number of nitriles is 1. The average molecular weight is 485 g/mol. The average Bonchev–Trinajstić information content (AvgIpc) is 2.87. The number of hydrogen-bond acceptors (Lipinski definition) is 6. The van der Waals surface area contributed by atoms with E-state index in [1.165, 1.54) is 12.3 Å². The first-order valence-corrected chi connectivity index (χ1v) is 11.1. The van der Waals surface area contributed by atoms with Crippen molar-refractivity contribution in [2.24, 2.45) is 0 Å². The van der Waals surface area contributed by atoms with E-state index in [1.54, 1.807) is 36.5 Å². The molecule has 6 nitrogen and oxygen atoms in total. The van der Waals surface area contributed by atoms with Gasteiger partial charge in [0.1, 0.15) is 36.5 Å². The molecule has 0 aliphatic rings. The molecule has 0 aliphatic carbocycles. The number of phenols is 1. The number of halogens is 1. The van der Waals surface area contributed by atoms with E-state index in [2.05, 4.69) is 4.98 Å². The number of phenolic OH excluding ortho intramolecular Hbond substituents is 1. The Labute approximate surface area is 208 Å². The van der Waals surface area contributed by atoms with E-state index in [0.717, 1.165) is 22.3 Å². The molecule has 1 N–H and O–H groups in total. The monoisotopic (exact) mass is 484 g/mol. The molecule has 0 radical (unpaired) electrons. The number of rotatable bonds is 8. The van der Waals surface area contributed by atoms with E-state index >= 15 is 0 Å². The molecule has 4 rings (SSSR count). The van der Waals surface area contributed by atoms with E-state index < -0.39 is 0 Å². The molecule has 4 aromatic rings. The third-order valence-electron chi connectivity index (χ3n) is 5.50. The van der Waals surface area contributed by atoms with Gasteiger partial charge in [-0.15, -0.1) is 0 Å². The van der Waals surface area contributed by atoms with Gasteiger partial charge in [0.05, 0.1) is 16.1 Å². The van der Waals surface area contributed by atoms with Gasteiger partial charge in [-0.05, 0) is 53.4 Å². The van der Waals surface area contributed by atoms with E-state index in [-0.39, 0.29) is 29.5 Å². The van der Waals surface area contributed by atoms with Crippen LogP contribution in [0.15, 0.2) is 73.1 Å². The third kappa shape index (κ3) is 5.60. The van der Waals surface area contributed by atoms with Crippen molar-refractivity contribution in [3.63, 3.8) is 0 Å². The van der Waals surface area contributed by atoms with Crippen LogP contribution in [-0.2, 0) is 13.2 Å². The molecule has 0 unspecified atom stereocenters. The zero-order valence-electron chi connectivity index (χ0n) is 18.9. The second-order valence-corrected chi connectivity index (χ2v) is 8.26. The fraction of sp³-hybridized carbons (Fsp3) is 0.107. The largest absolute Gasteiger partial charge is 0.508 e. The van der Waals surface area contributed by atoms with Gasteiger partial charge < -0.3 is 14.6 Å². The molecule has 35 heavy (non-hydrogen) atoms. The molecule has 0 saturated carbocycles. The lowest BCUT2D eigenvalue weighted by atomic mass is 9.96. The summed E-state index contributed by atoms with van der Waals surface area (Å²) in [6.45, 7) is 2.36. The van der Waals surface area contributed by atoms with E-state index in [1.807, 2.05) is 37.3 Å². The summed E-state index contributed by atoms with van der Waals surface area (Å²) in [5, 5.41) is 19.2. The number of carbonyl (C=O) groups is 1. The Balaban J connectivity index is 1.54. The van der Waals surface area contributed by atoms with Crippen LogP contribution >= 0.6 is 11.6 Å². The second-order valence-electron chi connectivity index (χ2n) is 7.85. The van der Waals surface area contributed by atoms with Gasteiger partial charge in [0, 0.05) is 24.0 Å². The minimum atomic E-state index is 0.121. The third-order valence-corrected chi connectivity index (χ3v) is 5.79. The lowest BCUT2D eigenvalue weighted by Gasteiger charge is -2.15. The van der Waals surface area contributed by atoms with Crippen LogP contribution in [-0.4, -0.2) is 16.4 Å². The summed E-state index contributed by atoms with van der Waals surface area (Å²) in [6.07, 6.45) is 3.72. The van der Waals surface area contributed by atoms with Crippen molar-refractivity contribution in [2.45, 2.75) is 20.1 Å². The van der Waals surface area contributed by atoms with Crippen LogP contribution in [0.5, 0.6) is 17.2 Å². The summed E-state index contributed by atoms with van der Waals surface area (Å²) in [6, 6.07) is 19.8. The summed E-state index contributed by atoms with van der Waals surface area (Å²) < 4.78 is 11.8. The Morgan fingerprint density at radius 2 is 1.83 bits per heavy atom. The van der Waals surface area contributed by atoms with Gasteiger partial charge in [-0.2, -0.15) is 5.26 Å². The number of hydrogen-bond donors (Lipinski definition) is 1. The van der Waals surface area contributed by atoms with E-state index in [4.69, 9.17) is 26.3 Å². The number of ether oxygens (including phenoxy) is 2. The topological polar surface area (TPSA) is 92.4 Å². The molecule has 1 aromatic heterocycles. The molecule has 0 amide bonds. The zero-order valence-corrected chi connectivity index (χ0v) is 19.6. The Morgan fingerprint density at radius 1 is 1.03 bits per heavy atom. The smallest absolute Gasteiger partial charge is 0.153 e. The minimum Gasteiger partial charge on any atom is -0.508 e. The Hall–Kier alpha value is -4.34. The van der Waals surface area contributed by atoms with Crippen molar-refractivity contribution in [3.05, 3.63) is 106 Å². The van der Waals surface area contributed by atoms with Crippen molar-refractivity contribution < 1.29 is 19.4 Å². The lowest BCUT2D eigenvalue weighted by molar-refractivity contribution is 0.111. The highest BCUT2D eigenvalue weighted by molar-refractivity contribution is 6.32. The van der Waals surface area contributed by atoms with Crippen molar-refractivity contribution in [1.82, 2.24) is 4.98 Å². The Morgan fingerprint density at radius 3 is 2.60 bits per heavy atom. The minimum absolute atomic E-state index is 0.121. The fourth-order valence-corrected chi connectivity index (χ4v) is 3.87. The highest BCUT2D eigenvalue weighted by atomic mass is 35.5. The van der Waals surface area contributed by atoms with Gasteiger partial charge >= 0.3 is 0 Å². The van der Waals surface area contributed by atoms with Gasteiger partial charge in [-0.1, -0.05) is 41.9 Å². The standard InChI is InChI=1S/C28H21ClN2O4/c1-18-22(5-3-7-25(18)21-4-2-6-24(33)9-21)17-35-28-11-27(23(15-32)10-26(28)29)34-16-20-8-19(12-30)13-31-14-20/h2-11,13-15,33H,16-17H2,1H3. The van der Waals surface area contributed by atoms with Gasteiger partial charge in [-0.3, -0.25) is 9.78 Å². The first-order valence-electron chi connectivity index (χ1n) is 10.7. The molecule has 7 heteroatoms. The summed E-state index contributed by atoms with van der Waals surface area (Å²) in [5.41, 5.74) is 5.25. The van der Waals surface area contributed by atoms with Gasteiger partial charge in [0.2, 0.25) is 0 Å². The maximum Gasteiger partial charge on any atom is 0.153 e. The molecule has 0 bridgehead atoms. The number of aromatic nitrogens is 1. The number of carbonyl (C=O) groups excluding carboxylic acids is 1. The maximum absolute atomic E-state index is 11.6. The molecular formula is C28H21ClN2O4. The number of nitrogens with zero attached hydrogens (tertiary/aromatic N) is 2. The van der Waals surface area contributed by atoms with Crippen LogP contribution in [0.4, 0.5) is 0 Å². The summed E-state index contributed by atoms with van der Waals surface area (Å²) in [7, 11) is 0. The normalized spacial score (nSPS) is 10.4. The molecule has 0 spiro atoms. The lowest BCUT2D eigenvalue weighted by Crippen LogP contribution is -2.03. The summed E-state index contributed by atoms with van der Waals surface area (Å²) in [5.74, 6) is 0.888. The van der Waals surface area contributed by atoms with Crippen molar-refractivity contribution >= 4 is 17.9 Å². The number of pyridine rings is 1. The summed E-state index contributed by atoms with van der Waals surface area (Å²) in [4.78, 5) is 15.6. The second kappa shape index (κ2) is 10.7. The number of benzene rings is 3. The van der Waals surface area contributed by atoms with E-state index in [0.29, 0.717) is 28.9 Å². The van der Waals surface area contributed by atoms with Gasteiger partial charge in [-0.25, -0.2) is 0 Å². The maximum atomic E-state index is 11.6. The molecule has 0 saturated heterocycles. The SMILES string of the molecule is Cc1c(COc2cc(OCc3cncc(C#N)c3)c(C=O)cc2Cl)cccc1-c1cccc(O)c1. The van der Waals surface area contributed by atoms with Crippen molar-refractivity contribution in [3.8, 4) is 34.4 Å². The van der Waals surface area contributed by atoms with E-state index in [9.17, 15) is 9.90 Å².